The maximum absolute atomic E-state index is 12.4. The maximum atomic E-state index is 12.4. The van der Waals surface area contributed by atoms with Crippen LogP contribution in [0.2, 0.25) is 0 Å². The first-order valence-electron chi connectivity index (χ1n) is 11.9. The quantitative estimate of drug-likeness (QED) is 0.190. The number of piperidine rings is 1. The fourth-order valence-corrected chi connectivity index (χ4v) is 3.83. The number of unbranched alkanes of at least 4 members (excludes halogenated alkanes) is 1. The summed E-state index contributed by atoms with van der Waals surface area (Å²) in [5, 5.41) is 3.53. The zero-order valence-corrected chi connectivity index (χ0v) is 23.4. The van der Waals surface area contributed by atoms with Gasteiger partial charge in [0.25, 0.3) is 0 Å². The zero-order chi connectivity index (χ0) is 22.6. The molecule has 0 saturated carbocycles. The summed E-state index contributed by atoms with van der Waals surface area (Å²) in [4.78, 5) is 23.5. The number of halogens is 1. The number of nitrogens with zero attached hydrogens (tertiary/aromatic N) is 4. The van der Waals surface area contributed by atoms with E-state index in [0.717, 1.165) is 64.5 Å². The van der Waals surface area contributed by atoms with E-state index in [9.17, 15) is 4.79 Å². The summed E-state index contributed by atoms with van der Waals surface area (Å²) in [5.41, 5.74) is -0.447. The Labute approximate surface area is 208 Å². The van der Waals surface area contributed by atoms with Gasteiger partial charge in [-0.2, -0.15) is 0 Å². The lowest BCUT2D eigenvalue weighted by atomic mass is 9.96. The number of rotatable bonds is 10. The summed E-state index contributed by atoms with van der Waals surface area (Å²) < 4.78 is 5.55. The highest BCUT2D eigenvalue weighted by atomic mass is 127. The third kappa shape index (κ3) is 12.2. The van der Waals surface area contributed by atoms with E-state index in [1.54, 1.807) is 0 Å². The minimum absolute atomic E-state index is 0. The molecule has 0 atom stereocenters. The van der Waals surface area contributed by atoms with Crippen LogP contribution in [0.15, 0.2) is 4.99 Å². The molecule has 1 saturated heterocycles. The summed E-state index contributed by atoms with van der Waals surface area (Å²) in [6.45, 7) is 20.0. The molecule has 31 heavy (non-hydrogen) atoms. The van der Waals surface area contributed by atoms with Crippen molar-refractivity contribution in [2.75, 3.05) is 59.4 Å². The zero-order valence-electron chi connectivity index (χ0n) is 21.1. The fourth-order valence-electron chi connectivity index (χ4n) is 3.83. The van der Waals surface area contributed by atoms with Gasteiger partial charge in [0.15, 0.2) is 5.96 Å². The number of aliphatic imine (C=N–C) groups is 1. The standard InChI is InChI=1S/C23H47N5O2.HI/c1-8-26(9-2)16-12-11-15-25-21(24-7)28-17-13-20(14-18-28)19-27(10-3)22(29)30-23(4,5)6;/h20H,8-19H2,1-7H3,(H,24,25);1H. The van der Waals surface area contributed by atoms with E-state index in [0.29, 0.717) is 12.5 Å². The van der Waals surface area contributed by atoms with E-state index in [4.69, 9.17) is 4.74 Å². The average Bonchev–Trinajstić information content (AvgIpc) is 2.71. The predicted octanol–water partition coefficient (Wildman–Crippen LogP) is 4.27. The topological polar surface area (TPSA) is 60.4 Å². The third-order valence-electron chi connectivity index (χ3n) is 5.72. The highest BCUT2D eigenvalue weighted by Crippen LogP contribution is 2.20. The summed E-state index contributed by atoms with van der Waals surface area (Å²) in [5.74, 6) is 1.52. The molecule has 8 heteroatoms. The number of nitrogens with one attached hydrogen (secondary N) is 1. The molecule has 0 aromatic rings. The van der Waals surface area contributed by atoms with Gasteiger partial charge in [0.2, 0.25) is 0 Å². The molecular formula is C23H48IN5O2. The number of likely N-dealkylation sites (tertiary alicyclic amines) is 1. The minimum atomic E-state index is -0.447. The van der Waals surface area contributed by atoms with E-state index in [-0.39, 0.29) is 30.1 Å². The molecule has 0 bridgehead atoms. The van der Waals surface area contributed by atoms with Crippen molar-refractivity contribution in [2.45, 2.75) is 72.8 Å². The van der Waals surface area contributed by atoms with Crippen LogP contribution in [0, 0.1) is 5.92 Å². The van der Waals surface area contributed by atoms with Crippen molar-refractivity contribution in [2.24, 2.45) is 10.9 Å². The Morgan fingerprint density at radius 2 is 1.71 bits per heavy atom. The van der Waals surface area contributed by atoms with Gasteiger partial charge in [-0.1, -0.05) is 13.8 Å². The number of amides is 1. The third-order valence-corrected chi connectivity index (χ3v) is 5.72. The van der Waals surface area contributed by atoms with Crippen molar-refractivity contribution in [3.05, 3.63) is 0 Å². The first-order valence-corrected chi connectivity index (χ1v) is 11.9. The molecule has 0 unspecified atom stereocenters. The second kappa shape index (κ2) is 15.9. The van der Waals surface area contributed by atoms with Crippen LogP contribution in [0.3, 0.4) is 0 Å². The summed E-state index contributed by atoms with van der Waals surface area (Å²) >= 11 is 0. The van der Waals surface area contributed by atoms with Crippen molar-refractivity contribution >= 4 is 36.0 Å². The molecule has 0 aliphatic carbocycles. The van der Waals surface area contributed by atoms with Crippen LogP contribution >= 0.6 is 24.0 Å². The number of carbonyl (C=O) groups is 1. The van der Waals surface area contributed by atoms with Gasteiger partial charge >= 0.3 is 6.09 Å². The molecule has 1 fully saturated rings. The summed E-state index contributed by atoms with van der Waals surface area (Å²) in [7, 11) is 1.87. The Hall–Kier alpha value is -0.770. The van der Waals surface area contributed by atoms with E-state index < -0.39 is 5.60 Å². The van der Waals surface area contributed by atoms with Gasteiger partial charge in [0.05, 0.1) is 0 Å². The second-order valence-electron chi connectivity index (χ2n) is 9.16. The van der Waals surface area contributed by atoms with Crippen molar-refractivity contribution in [1.29, 1.82) is 0 Å². The molecule has 0 spiro atoms. The maximum Gasteiger partial charge on any atom is 0.410 e. The highest BCUT2D eigenvalue weighted by molar-refractivity contribution is 14.0. The smallest absolute Gasteiger partial charge is 0.410 e. The minimum Gasteiger partial charge on any atom is -0.444 e. The Morgan fingerprint density at radius 1 is 1.10 bits per heavy atom. The Balaban J connectivity index is 0.00000900. The van der Waals surface area contributed by atoms with Crippen LogP contribution in [0.5, 0.6) is 0 Å². The molecule has 1 heterocycles. The molecule has 7 nitrogen and oxygen atoms in total. The van der Waals surface area contributed by atoms with Crippen LogP contribution in [-0.4, -0.2) is 91.8 Å². The largest absolute Gasteiger partial charge is 0.444 e. The van der Waals surface area contributed by atoms with Crippen molar-refractivity contribution in [1.82, 2.24) is 20.0 Å². The monoisotopic (exact) mass is 553 g/mol. The van der Waals surface area contributed by atoms with Crippen molar-refractivity contribution < 1.29 is 9.53 Å². The number of hydrogen-bond acceptors (Lipinski definition) is 4. The van der Waals surface area contributed by atoms with Gasteiger partial charge in [-0.05, 0) is 78.9 Å². The molecule has 0 radical (unpaired) electrons. The lowest BCUT2D eigenvalue weighted by Crippen LogP contribution is -2.48. The van der Waals surface area contributed by atoms with E-state index in [1.165, 1.54) is 13.0 Å². The predicted molar refractivity (Wildman–Crippen MR) is 142 cm³/mol. The fraction of sp³-hybridized carbons (Fsp3) is 0.913. The highest BCUT2D eigenvalue weighted by Gasteiger charge is 2.27. The molecule has 1 aliphatic rings. The second-order valence-corrected chi connectivity index (χ2v) is 9.16. The van der Waals surface area contributed by atoms with Gasteiger partial charge < -0.3 is 24.8 Å². The molecular weight excluding hydrogens is 505 g/mol. The Kier molecular flexibility index (Phi) is 15.5. The van der Waals surface area contributed by atoms with E-state index in [2.05, 4.69) is 34.0 Å². The van der Waals surface area contributed by atoms with Crippen LogP contribution in [-0.2, 0) is 4.74 Å². The number of guanidine groups is 1. The molecule has 184 valence electrons. The SMILES string of the molecule is CCN(CC)CCCCNC(=NC)N1CCC(CN(CC)C(=O)OC(C)(C)C)CC1.I. The summed E-state index contributed by atoms with van der Waals surface area (Å²) in [6, 6.07) is 0. The first kappa shape index (κ1) is 30.2. The van der Waals surface area contributed by atoms with Gasteiger partial charge in [-0.15, -0.1) is 24.0 Å². The van der Waals surface area contributed by atoms with Gasteiger partial charge in [-0.3, -0.25) is 4.99 Å². The van der Waals surface area contributed by atoms with Gasteiger partial charge in [-0.25, -0.2) is 4.79 Å². The van der Waals surface area contributed by atoms with Crippen LogP contribution in [0.1, 0.15) is 67.2 Å². The van der Waals surface area contributed by atoms with Crippen LogP contribution in [0.25, 0.3) is 0 Å². The number of carbonyl (C=O) groups excluding carboxylic acids is 1. The van der Waals surface area contributed by atoms with Gasteiger partial charge in [0, 0.05) is 39.8 Å². The molecule has 1 rings (SSSR count). The Morgan fingerprint density at radius 3 is 2.19 bits per heavy atom. The molecule has 1 aliphatic heterocycles. The molecule has 0 aromatic carbocycles. The average molecular weight is 554 g/mol. The summed E-state index contributed by atoms with van der Waals surface area (Å²) in [6.07, 6.45) is 4.32. The molecule has 1 N–H and O–H groups in total. The molecule has 0 aromatic heterocycles. The van der Waals surface area contributed by atoms with E-state index in [1.807, 2.05) is 39.6 Å². The van der Waals surface area contributed by atoms with E-state index >= 15 is 0 Å². The lowest BCUT2D eigenvalue weighted by molar-refractivity contribution is 0.0214. The number of ether oxygens (including phenoxy) is 1. The van der Waals surface area contributed by atoms with Crippen LogP contribution in [0.4, 0.5) is 4.79 Å². The van der Waals surface area contributed by atoms with Crippen molar-refractivity contribution in [3.8, 4) is 0 Å². The van der Waals surface area contributed by atoms with Crippen molar-refractivity contribution in [3.63, 3.8) is 0 Å². The number of hydrogen-bond donors (Lipinski definition) is 1. The first-order chi connectivity index (χ1) is 14.2. The lowest BCUT2D eigenvalue weighted by Gasteiger charge is -2.36. The normalized spacial score (nSPS) is 15.6. The Bertz CT molecular complexity index is 513. The molecule has 1 amide bonds. The van der Waals surface area contributed by atoms with Gasteiger partial charge in [0.1, 0.15) is 5.60 Å². The van der Waals surface area contributed by atoms with Crippen LogP contribution < -0.4 is 5.32 Å².